The molecule has 0 radical (unpaired) electrons. The molecule has 0 atom stereocenters. The molecule has 94 valence electrons. The summed E-state index contributed by atoms with van der Waals surface area (Å²) < 4.78 is 0. The van der Waals surface area contributed by atoms with Gasteiger partial charge in [0.05, 0.1) is 10.9 Å². The number of hydrogen-bond donors (Lipinski definition) is 1. The van der Waals surface area contributed by atoms with Crippen LogP contribution in [0.15, 0.2) is 47.3 Å². The molecule has 19 heavy (non-hydrogen) atoms. The highest BCUT2D eigenvalue weighted by atomic mass is 16.1. The maximum atomic E-state index is 11.8. The smallest absolute Gasteiger partial charge is 0.258 e. The van der Waals surface area contributed by atoms with Crippen molar-refractivity contribution in [2.45, 2.75) is 13.8 Å². The lowest BCUT2D eigenvalue weighted by molar-refractivity contribution is 1.06. The van der Waals surface area contributed by atoms with Gasteiger partial charge in [-0.05, 0) is 37.1 Å². The number of nitrogens with zero attached hydrogens (tertiary/aromatic N) is 1. The number of aryl methyl sites for hydroxylation is 2. The molecule has 0 spiro atoms. The SMILES string of the molecule is Cc1cccc(-c2ccc3c(=O)[nH]c(C)nc3c2)c1. The Balaban J connectivity index is 2.24. The summed E-state index contributed by atoms with van der Waals surface area (Å²) >= 11 is 0. The number of rotatable bonds is 1. The van der Waals surface area contributed by atoms with Gasteiger partial charge in [0, 0.05) is 0 Å². The van der Waals surface area contributed by atoms with E-state index >= 15 is 0 Å². The van der Waals surface area contributed by atoms with Crippen LogP contribution in [0.4, 0.5) is 0 Å². The van der Waals surface area contributed by atoms with E-state index in [9.17, 15) is 4.79 Å². The second-order valence-electron chi connectivity index (χ2n) is 4.75. The van der Waals surface area contributed by atoms with Crippen LogP contribution in [0.2, 0.25) is 0 Å². The van der Waals surface area contributed by atoms with Gasteiger partial charge in [0.25, 0.3) is 5.56 Å². The van der Waals surface area contributed by atoms with Crippen molar-refractivity contribution in [1.82, 2.24) is 9.97 Å². The first-order valence-electron chi connectivity index (χ1n) is 6.21. The lowest BCUT2D eigenvalue weighted by Crippen LogP contribution is -2.09. The molecule has 0 fully saturated rings. The lowest BCUT2D eigenvalue weighted by atomic mass is 10.0. The minimum Gasteiger partial charge on any atom is -0.310 e. The van der Waals surface area contributed by atoms with Crippen LogP contribution in [-0.2, 0) is 0 Å². The molecule has 0 aliphatic carbocycles. The van der Waals surface area contributed by atoms with Gasteiger partial charge < -0.3 is 4.98 Å². The van der Waals surface area contributed by atoms with Gasteiger partial charge in [-0.3, -0.25) is 4.79 Å². The monoisotopic (exact) mass is 250 g/mol. The maximum Gasteiger partial charge on any atom is 0.258 e. The Morgan fingerprint density at radius 1 is 1.00 bits per heavy atom. The fraction of sp³-hybridized carbons (Fsp3) is 0.125. The third-order valence-corrected chi connectivity index (χ3v) is 3.18. The molecule has 3 nitrogen and oxygen atoms in total. The fourth-order valence-electron chi connectivity index (χ4n) is 2.26. The van der Waals surface area contributed by atoms with Gasteiger partial charge in [0.1, 0.15) is 5.82 Å². The van der Waals surface area contributed by atoms with E-state index < -0.39 is 0 Å². The van der Waals surface area contributed by atoms with Gasteiger partial charge in [0.15, 0.2) is 0 Å². The van der Waals surface area contributed by atoms with Gasteiger partial charge in [-0.25, -0.2) is 4.98 Å². The number of aromatic amines is 1. The summed E-state index contributed by atoms with van der Waals surface area (Å²) in [4.78, 5) is 18.9. The normalized spacial score (nSPS) is 10.8. The van der Waals surface area contributed by atoms with E-state index in [2.05, 4.69) is 35.1 Å². The van der Waals surface area contributed by atoms with E-state index in [0.717, 1.165) is 16.6 Å². The van der Waals surface area contributed by atoms with Crippen LogP contribution in [0, 0.1) is 13.8 Å². The molecule has 0 amide bonds. The van der Waals surface area contributed by atoms with Crippen LogP contribution in [0.5, 0.6) is 0 Å². The van der Waals surface area contributed by atoms with E-state index in [1.54, 1.807) is 6.92 Å². The van der Waals surface area contributed by atoms with E-state index in [0.29, 0.717) is 11.2 Å². The van der Waals surface area contributed by atoms with Crippen molar-refractivity contribution in [3.63, 3.8) is 0 Å². The highest BCUT2D eigenvalue weighted by Crippen LogP contribution is 2.22. The number of hydrogen-bond acceptors (Lipinski definition) is 2. The maximum absolute atomic E-state index is 11.8. The second kappa shape index (κ2) is 4.35. The second-order valence-corrected chi connectivity index (χ2v) is 4.75. The molecular weight excluding hydrogens is 236 g/mol. The van der Waals surface area contributed by atoms with E-state index in [4.69, 9.17) is 0 Å². The van der Waals surface area contributed by atoms with Gasteiger partial charge >= 0.3 is 0 Å². The highest BCUT2D eigenvalue weighted by Gasteiger charge is 2.04. The van der Waals surface area contributed by atoms with Crippen LogP contribution < -0.4 is 5.56 Å². The predicted octanol–water partition coefficient (Wildman–Crippen LogP) is 3.21. The van der Waals surface area contributed by atoms with Crippen molar-refractivity contribution in [3.8, 4) is 11.1 Å². The topological polar surface area (TPSA) is 45.8 Å². The Labute approximate surface area is 111 Å². The molecule has 3 heteroatoms. The predicted molar refractivity (Wildman–Crippen MR) is 77.3 cm³/mol. The van der Waals surface area contributed by atoms with Crippen molar-refractivity contribution in [2.75, 3.05) is 0 Å². The first-order valence-corrected chi connectivity index (χ1v) is 6.21. The van der Waals surface area contributed by atoms with Gasteiger partial charge in [-0.15, -0.1) is 0 Å². The third-order valence-electron chi connectivity index (χ3n) is 3.18. The zero-order valence-electron chi connectivity index (χ0n) is 10.9. The minimum atomic E-state index is -0.0849. The first kappa shape index (κ1) is 11.7. The van der Waals surface area contributed by atoms with Crippen molar-refractivity contribution in [3.05, 3.63) is 64.2 Å². The van der Waals surface area contributed by atoms with Gasteiger partial charge in [-0.2, -0.15) is 0 Å². The summed E-state index contributed by atoms with van der Waals surface area (Å²) in [5, 5.41) is 0.627. The molecule has 2 aromatic carbocycles. The molecular formula is C16H14N2O. The summed E-state index contributed by atoms with van der Waals surface area (Å²) in [5.74, 6) is 0.638. The van der Waals surface area contributed by atoms with Crippen LogP contribution in [0.25, 0.3) is 22.0 Å². The lowest BCUT2D eigenvalue weighted by Gasteiger charge is -2.05. The zero-order chi connectivity index (χ0) is 13.4. The largest absolute Gasteiger partial charge is 0.310 e. The molecule has 0 bridgehead atoms. The van der Waals surface area contributed by atoms with Gasteiger partial charge in [-0.1, -0.05) is 35.9 Å². The van der Waals surface area contributed by atoms with E-state index in [1.807, 2.05) is 24.3 Å². The van der Waals surface area contributed by atoms with Crippen LogP contribution in [0.1, 0.15) is 11.4 Å². The van der Waals surface area contributed by atoms with E-state index in [1.165, 1.54) is 5.56 Å². The Kier molecular flexibility index (Phi) is 2.67. The number of nitrogens with one attached hydrogen (secondary N) is 1. The summed E-state index contributed by atoms with van der Waals surface area (Å²) in [6.07, 6.45) is 0. The van der Waals surface area contributed by atoms with Crippen LogP contribution in [0.3, 0.4) is 0 Å². The molecule has 0 saturated heterocycles. The quantitative estimate of drug-likeness (QED) is 0.720. The molecule has 3 aromatic rings. The molecule has 1 N–H and O–H groups in total. The summed E-state index contributed by atoms with van der Waals surface area (Å²) in [5.41, 5.74) is 4.08. The highest BCUT2D eigenvalue weighted by molar-refractivity contribution is 5.83. The summed E-state index contributed by atoms with van der Waals surface area (Å²) in [6, 6.07) is 14.0. The first-order chi connectivity index (χ1) is 9.13. The summed E-state index contributed by atoms with van der Waals surface area (Å²) in [6.45, 7) is 3.86. The van der Waals surface area contributed by atoms with Gasteiger partial charge in [0.2, 0.25) is 0 Å². The fourth-order valence-corrected chi connectivity index (χ4v) is 2.26. The molecule has 0 unspecified atom stereocenters. The van der Waals surface area contributed by atoms with Crippen LogP contribution in [-0.4, -0.2) is 9.97 Å². The van der Waals surface area contributed by atoms with Crippen molar-refractivity contribution < 1.29 is 0 Å². The Morgan fingerprint density at radius 3 is 2.58 bits per heavy atom. The Morgan fingerprint density at radius 2 is 1.79 bits per heavy atom. The Hall–Kier alpha value is -2.42. The van der Waals surface area contributed by atoms with E-state index in [-0.39, 0.29) is 5.56 Å². The molecule has 1 aromatic heterocycles. The number of fused-ring (bicyclic) bond motifs is 1. The number of benzene rings is 2. The minimum absolute atomic E-state index is 0.0849. The molecule has 0 saturated carbocycles. The zero-order valence-corrected chi connectivity index (χ0v) is 10.9. The van der Waals surface area contributed by atoms with Crippen molar-refractivity contribution in [2.24, 2.45) is 0 Å². The molecule has 1 heterocycles. The number of H-pyrrole nitrogens is 1. The van der Waals surface area contributed by atoms with Crippen molar-refractivity contribution in [1.29, 1.82) is 0 Å². The summed E-state index contributed by atoms with van der Waals surface area (Å²) in [7, 11) is 0. The number of aromatic nitrogens is 2. The average molecular weight is 250 g/mol. The third kappa shape index (κ3) is 2.15. The molecule has 0 aliphatic rings. The molecule has 0 aliphatic heterocycles. The standard InChI is InChI=1S/C16H14N2O/c1-10-4-3-5-12(8-10)13-6-7-14-15(9-13)17-11(2)18-16(14)19/h3-9H,1-2H3,(H,17,18,19). The van der Waals surface area contributed by atoms with Crippen LogP contribution >= 0.6 is 0 Å². The molecule has 3 rings (SSSR count). The Bertz CT molecular complexity index is 818. The van der Waals surface area contributed by atoms with Crippen molar-refractivity contribution >= 4 is 10.9 Å². The average Bonchev–Trinajstić information content (AvgIpc) is 2.37.